The van der Waals surface area contributed by atoms with Crippen molar-refractivity contribution in [3.8, 4) is 5.75 Å². The van der Waals surface area contributed by atoms with Crippen LogP contribution in [0.2, 0.25) is 0 Å². The van der Waals surface area contributed by atoms with Gasteiger partial charge >= 0.3 is 0 Å². The molecule has 0 atom stereocenters. The van der Waals surface area contributed by atoms with Crippen LogP contribution in [0.5, 0.6) is 5.75 Å². The number of phenols is 1. The maximum absolute atomic E-state index is 12.2. The first-order valence-corrected chi connectivity index (χ1v) is 5.69. The fourth-order valence-corrected chi connectivity index (χ4v) is 1.73. The van der Waals surface area contributed by atoms with Crippen LogP contribution in [0.15, 0.2) is 48.5 Å². The number of anilines is 1. The summed E-state index contributed by atoms with van der Waals surface area (Å²) in [6, 6.07) is 13.9. The standard InChI is InChI=1S/C15H15NO2/c1-16(2)12-9-7-11(8-10-12)15(18)13-5-3-4-6-14(13)17/h3-10,17H,1-2H3. The molecule has 0 radical (unpaired) electrons. The number of rotatable bonds is 3. The van der Waals surface area contributed by atoms with Crippen LogP contribution in [0.4, 0.5) is 5.69 Å². The van der Waals surface area contributed by atoms with E-state index in [-0.39, 0.29) is 11.5 Å². The third-order valence-corrected chi connectivity index (χ3v) is 2.79. The third kappa shape index (κ3) is 2.35. The molecule has 2 rings (SSSR count). The summed E-state index contributed by atoms with van der Waals surface area (Å²) in [6.07, 6.45) is 0. The first-order valence-electron chi connectivity index (χ1n) is 5.69. The van der Waals surface area contributed by atoms with Crippen molar-refractivity contribution in [2.45, 2.75) is 0 Å². The van der Waals surface area contributed by atoms with E-state index in [4.69, 9.17) is 0 Å². The molecule has 0 spiro atoms. The lowest BCUT2D eigenvalue weighted by Crippen LogP contribution is -2.09. The van der Waals surface area contributed by atoms with Crippen LogP contribution in [0.1, 0.15) is 15.9 Å². The molecule has 0 heterocycles. The molecular weight excluding hydrogens is 226 g/mol. The van der Waals surface area contributed by atoms with Crippen molar-refractivity contribution in [3.63, 3.8) is 0 Å². The predicted octanol–water partition coefficient (Wildman–Crippen LogP) is 2.69. The monoisotopic (exact) mass is 241 g/mol. The molecule has 0 bridgehead atoms. The van der Waals surface area contributed by atoms with Crippen molar-refractivity contribution in [2.75, 3.05) is 19.0 Å². The van der Waals surface area contributed by atoms with E-state index in [1.165, 1.54) is 6.07 Å². The first kappa shape index (κ1) is 12.2. The van der Waals surface area contributed by atoms with Crippen molar-refractivity contribution in [3.05, 3.63) is 59.7 Å². The van der Waals surface area contributed by atoms with Gasteiger partial charge in [-0.25, -0.2) is 0 Å². The normalized spacial score (nSPS) is 10.1. The SMILES string of the molecule is CN(C)c1ccc(C(=O)c2ccccc2O)cc1. The van der Waals surface area contributed by atoms with Gasteiger partial charge in [0.1, 0.15) is 5.75 Å². The fraction of sp³-hybridized carbons (Fsp3) is 0.133. The summed E-state index contributed by atoms with van der Waals surface area (Å²) in [5, 5.41) is 9.66. The summed E-state index contributed by atoms with van der Waals surface area (Å²) in [5.74, 6) is -0.155. The lowest BCUT2D eigenvalue weighted by atomic mass is 10.0. The Morgan fingerprint density at radius 1 is 1.00 bits per heavy atom. The highest BCUT2D eigenvalue weighted by atomic mass is 16.3. The maximum Gasteiger partial charge on any atom is 0.196 e. The fourth-order valence-electron chi connectivity index (χ4n) is 1.73. The zero-order valence-electron chi connectivity index (χ0n) is 10.4. The van der Waals surface area contributed by atoms with Gasteiger partial charge in [-0.3, -0.25) is 4.79 Å². The zero-order chi connectivity index (χ0) is 13.1. The van der Waals surface area contributed by atoms with Gasteiger partial charge in [-0.2, -0.15) is 0 Å². The number of carbonyl (C=O) groups excluding carboxylic acids is 1. The van der Waals surface area contributed by atoms with Crippen LogP contribution in [0.3, 0.4) is 0 Å². The van der Waals surface area contributed by atoms with Crippen molar-refractivity contribution < 1.29 is 9.90 Å². The number of para-hydroxylation sites is 1. The van der Waals surface area contributed by atoms with E-state index in [0.29, 0.717) is 11.1 Å². The molecule has 92 valence electrons. The highest BCUT2D eigenvalue weighted by Crippen LogP contribution is 2.21. The quantitative estimate of drug-likeness (QED) is 0.840. The third-order valence-electron chi connectivity index (χ3n) is 2.79. The van der Waals surface area contributed by atoms with Gasteiger partial charge in [-0.1, -0.05) is 12.1 Å². The molecule has 3 heteroatoms. The Kier molecular flexibility index (Phi) is 3.33. The second-order valence-electron chi connectivity index (χ2n) is 4.29. The van der Waals surface area contributed by atoms with Gasteiger partial charge in [0.2, 0.25) is 0 Å². The number of aromatic hydroxyl groups is 1. The number of hydrogen-bond donors (Lipinski definition) is 1. The largest absolute Gasteiger partial charge is 0.507 e. The molecule has 3 nitrogen and oxygen atoms in total. The molecule has 0 amide bonds. The summed E-state index contributed by atoms with van der Waals surface area (Å²) in [5.41, 5.74) is 1.93. The van der Waals surface area contributed by atoms with Crippen molar-refractivity contribution in [1.82, 2.24) is 0 Å². The van der Waals surface area contributed by atoms with Gasteiger partial charge < -0.3 is 10.0 Å². The number of carbonyl (C=O) groups is 1. The van der Waals surface area contributed by atoms with E-state index in [1.54, 1.807) is 30.3 Å². The summed E-state index contributed by atoms with van der Waals surface area (Å²) >= 11 is 0. The van der Waals surface area contributed by atoms with E-state index in [9.17, 15) is 9.90 Å². The summed E-state index contributed by atoms with van der Waals surface area (Å²) in [7, 11) is 3.89. The molecule has 18 heavy (non-hydrogen) atoms. The van der Waals surface area contributed by atoms with Gasteiger partial charge in [-0.05, 0) is 36.4 Å². The minimum Gasteiger partial charge on any atom is -0.507 e. The highest BCUT2D eigenvalue weighted by molar-refractivity contribution is 6.10. The Hall–Kier alpha value is -2.29. The molecule has 0 aromatic heterocycles. The lowest BCUT2D eigenvalue weighted by molar-refractivity contribution is 0.103. The Bertz CT molecular complexity index is 559. The topological polar surface area (TPSA) is 40.5 Å². The second-order valence-corrected chi connectivity index (χ2v) is 4.29. The number of phenolic OH excluding ortho intramolecular Hbond substituents is 1. The van der Waals surface area contributed by atoms with Crippen LogP contribution in [-0.2, 0) is 0 Å². The molecule has 0 aliphatic rings. The van der Waals surface area contributed by atoms with Crippen LogP contribution in [-0.4, -0.2) is 25.0 Å². The minimum atomic E-state index is -0.168. The maximum atomic E-state index is 12.2. The van der Waals surface area contributed by atoms with Crippen LogP contribution >= 0.6 is 0 Å². The van der Waals surface area contributed by atoms with Gasteiger partial charge in [0, 0.05) is 25.3 Å². The average Bonchev–Trinajstić information content (AvgIpc) is 2.38. The average molecular weight is 241 g/mol. The van der Waals surface area contributed by atoms with E-state index < -0.39 is 0 Å². The Labute approximate surface area is 106 Å². The smallest absolute Gasteiger partial charge is 0.196 e. The second kappa shape index (κ2) is 4.92. The van der Waals surface area contributed by atoms with E-state index in [0.717, 1.165) is 5.69 Å². The van der Waals surface area contributed by atoms with Crippen molar-refractivity contribution in [2.24, 2.45) is 0 Å². The highest BCUT2D eigenvalue weighted by Gasteiger charge is 2.12. The minimum absolute atomic E-state index is 0.0131. The molecular formula is C15H15NO2. The predicted molar refractivity (Wildman–Crippen MR) is 72.3 cm³/mol. The van der Waals surface area contributed by atoms with Gasteiger partial charge in [0.05, 0.1) is 5.56 Å². The molecule has 0 saturated heterocycles. The molecule has 0 fully saturated rings. The summed E-state index contributed by atoms with van der Waals surface area (Å²) in [6.45, 7) is 0. The van der Waals surface area contributed by atoms with Crippen LogP contribution in [0.25, 0.3) is 0 Å². The van der Waals surface area contributed by atoms with Crippen LogP contribution in [0, 0.1) is 0 Å². The van der Waals surface area contributed by atoms with E-state index in [2.05, 4.69) is 0 Å². The van der Waals surface area contributed by atoms with Crippen LogP contribution < -0.4 is 4.90 Å². The first-order chi connectivity index (χ1) is 8.59. The number of hydrogen-bond acceptors (Lipinski definition) is 3. The molecule has 2 aromatic rings. The number of nitrogens with zero attached hydrogens (tertiary/aromatic N) is 1. The molecule has 2 aromatic carbocycles. The van der Waals surface area contributed by atoms with E-state index in [1.807, 2.05) is 31.1 Å². The van der Waals surface area contributed by atoms with Gasteiger partial charge in [0.15, 0.2) is 5.78 Å². The molecule has 0 aliphatic heterocycles. The van der Waals surface area contributed by atoms with Gasteiger partial charge in [-0.15, -0.1) is 0 Å². The number of benzene rings is 2. The lowest BCUT2D eigenvalue weighted by Gasteiger charge is -2.12. The van der Waals surface area contributed by atoms with Gasteiger partial charge in [0.25, 0.3) is 0 Å². The summed E-state index contributed by atoms with van der Waals surface area (Å²) < 4.78 is 0. The Morgan fingerprint density at radius 2 is 1.61 bits per heavy atom. The molecule has 0 unspecified atom stereocenters. The van der Waals surface area contributed by atoms with Crippen molar-refractivity contribution in [1.29, 1.82) is 0 Å². The molecule has 0 aliphatic carbocycles. The number of ketones is 1. The van der Waals surface area contributed by atoms with E-state index >= 15 is 0 Å². The molecule has 1 N–H and O–H groups in total. The summed E-state index contributed by atoms with van der Waals surface area (Å²) in [4.78, 5) is 14.1. The zero-order valence-corrected chi connectivity index (χ0v) is 10.4. The Morgan fingerprint density at radius 3 is 2.17 bits per heavy atom. The molecule has 0 saturated carbocycles. The van der Waals surface area contributed by atoms with Crippen molar-refractivity contribution >= 4 is 11.5 Å². The Balaban J connectivity index is 2.32.